The maximum Gasteiger partial charge on any atom is 0.170 e. The molecule has 0 aromatic heterocycles. The number of aliphatic hydroxyl groups is 1. The third kappa shape index (κ3) is 3.91. The van der Waals surface area contributed by atoms with E-state index in [1.807, 2.05) is 12.1 Å². The van der Waals surface area contributed by atoms with E-state index in [4.69, 9.17) is 28.9 Å². The molecular weight excluding hydrogens is 220 g/mol. The Kier molecular flexibility index (Phi) is 4.65. The van der Waals surface area contributed by atoms with Crippen molar-refractivity contribution < 1.29 is 5.11 Å². The van der Waals surface area contributed by atoms with Crippen molar-refractivity contribution in [1.29, 1.82) is 0 Å². The van der Waals surface area contributed by atoms with Crippen molar-refractivity contribution in [3.8, 4) is 0 Å². The van der Waals surface area contributed by atoms with Gasteiger partial charge in [-0.2, -0.15) is 0 Å². The molecule has 76 valence electrons. The van der Waals surface area contributed by atoms with Crippen molar-refractivity contribution in [2.75, 3.05) is 18.5 Å². The molecule has 0 atom stereocenters. The fourth-order valence-corrected chi connectivity index (χ4v) is 1.32. The van der Waals surface area contributed by atoms with Crippen molar-refractivity contribution in [3.05, 3.63) is 29.3 Å². The first-order valence-electron chi connectivity index (χ1n) is 4.13. The maximum atomic E-state index is 8.55. The molecule has 0 bridgehead atoms. The summed E-state index contributed by atoms with van der Waals surface area (Å²) in [5, 5.41) is 15.5. The molecule has 1 aromatic rings. The lowest BCUT2D eigenvalue weighted by Crippen LogP contribution is -2.30. The van der Waals surface area contributed by atoms with Crippen LogP contribution in [0.3, 0.4) is 0 Å². The number of anilines is 1. The minimum atomic E-state index is 0.0529. The molecule has 3 N–H and O–H groups in total. The highest BCUT2D eigenvalue weighted by molar-refractivity contribution is 7.80. The van der Waals surface area contributed by atoms with Crippen LogP contribution in [-0.2, 0) is 0 Å². The van der Waals surface area contributed by atoms with E-state index in [1.54, 1.807) is 12.1 Å². The molecule has 1 aromatic carbocycles. The Bertz CT molecular complexity index is 319. The van der Waals surface area contributed by atoms with Crippen molar-refractivity contribution in [2.45, 2.75) is 0 Å². The highest BCUT2D eigenvalue weighted by Crippen LogP contribution is 2.14. The lowest BCUT2D eigenvalue weighted by atomic mass is 10.3. The summed E-state index contributed by atoms with van der Waals surface area (Å²) in [5.74, 6) is 0. The predicted octanol–water partition coefficient (Wildman–Crippen LogP) is 1.62. The van der Waals surface area contributed by atoms with E-state index in [9.17, 15) is 0 Å². The van der Waals surface area contributed by atoms with Gasteiger partial charge in [-0.3, -0.25) is 0 Å². The van der Waals surface area contributed by atoms with Crippen LogP contribution in [0.15, 0.2) is 24.3 Å². The number of benzene rings is 1. The molecule has 0 aliphatic rings. The molecule has 0 saturated heterocycles. The summed E-state index contributed by atoms with van der Waals surface area (Å²) in [6.07, 6.45) is 0. The van der Waals surface area contributed by atoms with Gasteiger partial charge < -0.3 is 15.7 Å². The molecular formula is C9H11ClN2OS. The fourth-order valence-electron chi connectivity index (χ4n) is 0.911. The first-order valence-corrected chi connectivity index (χ1v) is 4.92. The average Bonchev–Trinajstić information content (AvgIpc) is 2.15. The zero-order valence-corrected chi connectivity index (χ0v) is 9.03. The van der Waals surface area contributed by atoms with Crippen LogP contribution in [0.25, 0.3) is 0 Å². The van der Waals surface area contributed by atoms with Crippen LogP contribution in [0, 0.1) is 0 Å². The fraction of sp³-hybridized carbons (Fsp3) is 0.222. The maximum absolute atomic E-state index is 8.55. The van der Waals surface area contributed by atoms with Gasteiger partial charge in [0.1, 0.15) is 0 Å². The number of hydrogen-bond acceptors (Lipinski definition) is 2. The van der Waals surface area contributed by atoms with Gasteiger partial charge in [0.05, 0.1) is 6.61 Å². The van der Waals surface area contributed by atoms with Crippen LogP contribution in [-0.4, -0.2) is 23.4 Å². The molecule has 0 aliphatic carbocycles. The van der Waals surface area contributed by atoms with E-state index in [0.717, 1.165) is 5.69 Å². The lowest BCUT2D eigenvalue weighted by Gasteiger charge is -2.09. The standard InChI is InChI=1S/C9H11ClN2OS/c10-7-2-1-3-8(6-7)12-9(14)11-4-5-13/h1-3,6,13H,4-5H2,(H2,11,12,14). The zero-order chi connectivity index (χ0) is 10.4. The quantitative estimate of drug-likeness (QED) is 0.691. The Hall–Kier alpha value is -0.840. The van der Waals surface area contributed by atoms with Gasteiger partial charge in [0, 0.05) is 17.3 Å². The Morgan fingerprint density at radius 1 is 1.50 bits per heavy atom. The number of thiocarbonyl (C=S) groups is 1. The van der Waals surface area contributed by atoms with Gasteiger partial charge in [-0.15, -0.1) is 0 Å². The Balaban J connectivity index is 2.47. The van der Waals surface area contributed by atoms with Gasteiger partial charge in [0.25, 0.3) is 0 Å². The molecule has 0 amide bonds. The van der Waals surface area contributed by atoms with Crippen LogP contribution in [0.2, 0.25) is 5.02 Å². The summed E-state index contributed by atoms with van der Waals surface area (Å²) in [7, 11) is 0. The molecule has 0 fully saturated rings. The van der Waals surface area contributed by atoms with Crippen molar-refractivity contribution in [3.63, 3.8) is 0 Å². The van der Waals surface area contributed by atoms with Crippen LogP contribution in [0.4, 0.5) is 5.69 Å². The van der Waals surface area contributed by atoms with Crippen LogP contribution in [0.5, 0.6) is 0 Å². The third-order valence-corrected chi connectivity index (χ3v) is 1.96. The lowest BCUT2D eigenvalue weighted by molar-refractivity contribution is 0.301. The molecule has 0 aliphatic heterocycles. The van der Waals surface area contributed by atoms with Crippen molar-refractivity contribution in [1.82, 2.24) is 5.32 Å². The van der Waals surface area contributed by atoms with Gasteiger partial charge in [0.2, 0.25) is 0 Å². The smallest absolute Gasteiger partial charge is 0.170 e. The first-order chi connectivity index (χ1) is 6.72. The highest BCUT2D eigenvalue weighted by Gasteiger charge is 1.96. The van der Waals surface area contributed by atoms with Crippen molar-refractivity contribution >= 4 is 34.6 Å². The number of rotatable bonds is 3. The van der Waals surface area contributed by atoms with E-state index in [0.29, 0.717) is 16.7 Å². The largest absolute Gasteiger partial charge is 0.395 e. The molecule has 3 nitrogen and oxygen atoms in total. The second kappa shape index (κ2) is 5.80. The molecule has 0 saturated carbocycles. The van der Waals surface area contributed by atoms with E-state index < -0.39 is 0 Å². The summed E-state index contributed by atoms with van der Waals surface area (Å²) < 4.78 is 0. The minimum Gasteiger partial charge on any atom is -0.395 e. The van der Waals surface area contributed by atoms with E-state index >= 15 is 0 Å². The third-order valence-electron chi connectivity index (χ3n) is 1.48. The van der Waals surface area contributed by atoms with E-state index in [2.05, 4.69) is 10.6 Å². The van der Waals surface area contributed by atoms with Crippen LogP contribution >= 0.6 is 23.8 Å². The van der Waals surface area contributed by atoms with Gasteiger partial charge in [0.15, 0.2) is 5.11 Å². The number of nitrogens with one attached hydrogen (secondary N) is 2. The SMILES string of the molecule is OCCNC(=S)Nc1cccc(Cl)c1. The molecule has 0 spiro atoms. The number of hydrogen-bond donors (Lipinski definition) is 3. The summed E-state index contributed by atoms with van der Waals surface area (Å²) in [6.45, 7) is 0.490. The second-order valence-electron chi connectivity index (χ2n) is 2.61. The molecule has 5 heteroatoms. The van der Waals surface area contributed by atoms with Crippen LogP contribution in [0.1, 0.15) is 0 Å². The van der Waals surface area contributed by atoms with Gasteiger partial charge >= 0.3 is 0 Å². The minimum absolute atomic E-state index is 0.0529. The summed E-state index contributed by atoms with van der Waals surface area (Å²) >= 11 is 10.8. The second-order valence-corrected chi connectivity index (χ2v) is 3.46. The van der Waals surface area contributed by atoms with E-state index in [1.165, 1.54) is 0 Å². The Morgan fingerprint density at radius 2 is 2.29 bits per heavy atom. The molecule has 1 rings (SSSR count). The molecule has 0 unspecified atom stereocenters. The predicted molar refractivity (Wildman–Crippen MR) is 62.8 cm³/mol. The average molecular weight is 231 g/mol. The van der Waals surface area contributed by atoms with Crippen molar-refractivity contribution in [2.24, 2.45) is 0 Å². The van der Waals surface area contributed by atoms with Gasteiger partial charge in [-0.1, -0.05) is 17.7 Å². The van der Waals surface area contributed by atoms with Gasteiger partial charge in [-0.25, -0.2) is 0 Å². The Morgan fingerprint density at radius 3 is 2.93 bits per heavy atom. The molecule has 0 radical (unpaired) electrons. The number of halogens is 1. The first kappa shape index (κ1) is 11.2. The van der Waals surface area contributed by atoms with Gasteiger partial charge in [-0.05, 0) is 30.4 Å². The highest BCUT2D eigenvalue weighted by atomic mass is 35.5. The zero-order valence-electron chi connectivity index (χ0n) is 7.46. The summed E-state index contributed by atoms with van der Waals surface area (Å²) in [4.78, 5) is 0. The summed E-state index contributed by atoms with van der Waals surface area (Å²) in [6, 6.07) is 7.25. The van der Waals surface area contributed by atoms with Crippen LogP contribution < -0.4 is 10.6 Å². The topological polar surface area (TPSA) is 44.3 Å². The molecule has 0 heterocycles. The summed E-state index contributed by atoms with van der Waals surface area (Å²) in [5.41, 5.74) is 0.827. The molecule has 14 heavy (non-hydrogen) atoms. The number of aliphatic hydroxyl groups excluding tert-OH is 1. The van der Waals surface area contributed by atoms with E-state index in [-0.39, 0.29) is 6.61 Å². The normalized spacial score (nSPS) is 9.57. The Labute approximate surface area is 93.1 Å². The monoisotopic (exact) mass is 230 g/mol.